The van der Waals surface area contributed by atoms with Gasteiger partial charge in [0.05, 0.1) is 6.61 Å². The monoisotopic (exact) mass is 265 g/mol. The normalized spacial score (nSPS) is 22.2. The molecule has 0 heterocycles. The van der Waals surface area contributed by atoms with E-state index in [-0.39, 0.29) is 17.8 Å². The van der Waals surface area contributed by atoms with E-state index in [0.29, 0.717) is 13.2 Å². The summed E-state index contributed by atoms with van der Waals surface area (Å²) < 4.78 is 18.6. The van der Waals surface area contributed by atoms with Gasteiger partial charge in [0.2, 0.25) is 0 Å². The molecule has 5 heteroatoms. The minimum atomic E-state index is -0.126. The largest absolute Gasteiger partial charge is 0.383 e. The molecule has 4 nitrogen and oxygen atoms in total. The molecular weight excluding hydrogens is 245 g/mol. The Bertz CT molecular complexity index is 450. The van der Waals surface area contributed by atoms with E-state index in [4.69, 9.17) is 4.74 Å². The average molecular weight is 265 g/mol. The van der Waals surface area contributed by atoms with E-state index in [1.807, 2.05) is 12.1 Å². The van der Waals surface area contributed by atoms with Crippen LogP contribution in [-0.4, -0.2) is 39.3 Å². The number of rotatable bonds is 5. The molecular formula is C14H20FN3O. The second kappa shape index (κ2) is 6.52. The predicted molar refractivity (Wildman–Crippen MR) is 73.9 cm³/mol. The van der Waals surface area contributed by atoms with Crippen molar-refractivity contribution in [3.8, 4) is 0 Å². The Morgan fingerprint density at radius 2 is 2.26 bits per heavy atom. The number of nitrogens with one attached hydrogen (secondary N) is 2. The van der Waals surface area contributed by atoms with Crippen LogP contribution >= 0.6 is 0 Å². The fourth-order valence-corrected chi connectivity index (χ4v) is 2.12. The predicted octanol–water partition coefficient (Wildman–Crippen LogP) is 1.49. The number of hydrogen-bond donors (Lipinski definition) is 2. The second-order valence-electron chi connectivity index (χ2n) is 4.61. The van der Waals surface area contributed by atoms with E-state index >= 15 is 0 Å². The summed E-state index contributed by atoms with van der Waals surface area (Å²) >= 11 is 0. The van der Waals surface area contributed by atoms with E-state index in [2.05, 4.69) is 15.6 Å². The molecule has 0 saturated heterocycles. The maximum absolute atomic E-state index is 13.6. The van der Waals surface area contributed by atoms with Gasteiger partial charge >= 0.3 is 0 Å². The summed E-state index contributed by atoms with van der Waals surface area (Å²) in [6.45, 7) is 1.33. The molecule has 1 fully saturated rings. The van der Waals surface area contributed by atoms with Crippen molar-refractivity contribution in [2.24, 2.45) is 4.99 Å². The van der Waals surface area contributed by atoms with Crippen molar-refractivity contribution in [1.29, 1.82) is 0 Å². The van der Waals surface area contributed by atoms with Crippen molar-refractivity contribution in [3.63, 3.8) is 0 Å². The molecule has 104 valence electrons. The lowest BCUT2D eigenvalue weighted by Gasteiger charge is -2.11. The lowest BCUT2D eigenvalue weighted by atomic mass is 10.1. The Morgan fingerprint density at radius 1 is 1.47 bits per heavy atom. The minimum Gasteiger partial charge on any atom is -0.383 e. The summed E-state index contributed by atoms with van der Waals surface area (Å²) in [5.41, 5.74) is 0.785. The van der Waals surface area contributed by atoms with Gasteiger partial charge in [-0.1, -0.05) is 18.2 Å². The van der Waals surface area contributed by atoms with Crippen LogP contribution in [0.1, 0.15) is 17.9 Å². The average Bonchev–Trinajstić information content (AvgIpc) is 3.17. The van der Waals surface area contributed by atoms with E-state index in [9.17, 15) is 4.39 Å². The summed E-state index contributed by atoms with van der Waals surface area (Å²) in [5.74, 6) is 0.849. The van der Waals surface area contributed by atoms with Crippen LogP contribution in [-0.2, 0) is 4.74 Å². The summed E-state index contributed by atoms with van der Waals surface area (Å²) in [7, 11) is 3.38. The number of methoxy groups -OCH3 is 1. The van der Waals surface area contributed by atoms with Crippen molar-refractivity contribution in [3.05, 3.63) is 35.6 Å². The van der Waals surface area contributed by atoms with Gasteiger partial charge in [-0.15, -0.1) is 0 Å². The zero-order valence-electron chi connectivity index (χ0n) is 11.3. The first-order chi connectivity index (χ1) is 9.26. The van der Waals surface area contributed by atoms with Crippen LogP contribution in [0.3, 0.4) is 0 Å². The summed E-state index contributed by atoms with van der Waals surface area (Å²) in [5, 5.41) is 6.44. The first kappa shape index (κ1) is 13.8. The fourth-order valence-electron chi connectivity index (χ4n) is 2.12. The van der Waals surface area contributed by atoms with E-state index in [1.54, 1.807) is 20.2 Å². The Kier molecular flexibility index (Phi) is 4.74. The van der Waals surface area contributed by atoms with Gasteiger partial charge in [-0.25, -0.2) is 4.39 Å². The molecule has 19 heavy (non-hydrogen) atoms. The van der Waals surface area contributed by atoms with Crippen LogP contribution in [0.15, 0.2) is 29.3 Å². The van der Waals surface area contributed by atoms with E-state index in [0.717, 1.165) is 17.9 Å². The van der Waals surface area contributed by atoms with E-state index in [1.165, 1.54) is 6.07 Å². The highest BCUT2D eigenvalue weighted by molar-refractivity contribution is 5.80. The van der Waals surface area contributed by atoms with Gasteiger partial charge in [-0.2, -0.15) is 0 Å². The zero-order chi connectivity index (χ0) is 13.7. The number of guanidine groups is 1. The Labute approximate surface area is 113 Å². The molecule has 0 radical (unpaired) electrons. The zero-order valence-corrected chi connectivity index (χ0v) is 11.3. The molecule has 2 N–H and O–H groups in total. The quantitative estimate of drug-likeness (QED) is 0.482. The SMILES string of the molecule is CN=C(NCCOC)NC1CC1c1ccccc1F. The number of hydrogen-bond acceptors (Lipinski definition) is 2. The first-order valence-corrected chi connectivity index (χ1v) is 6.46. The van der Waals surface area contributed by atoms with Gasteiger partial charge in [0.1, 0.15) is 5.82 Å². The maximum Gasteiger partial charge on any atom is 0.191 e. The first-order valence-electron chi connectivity index (χ1n) is 6.46. The smallest absolute Gasteiger partial charge is 0.191 e. The Balaban J connectivity index is 1.84. The number of benzene rings is 1. The van der Waals surface area contributed by atoms with Crippen LogP contribution < -0.4 is 10.6 Å². The van der Waals surface area contributed by atoms with Crippen LogP contribution in [0.25, 0.3) is 0 Å². The molecule has 2 atom stereocenters. The molecule has 0 spiro atoms. The third-order valence-electron chi connectivity index (χ3n) is 3.24. The van der Waals surface area contributed by atoms with Crippen molar-refractivity contribution in [1.82, 2.24) is 10.6 Å². The molecule has 1 aromatic rings. The number of ether oxygens (including phenoxy) is 1. The van der Waals surface area contributed by atoms with E-state index < -0.39 is 0 Å². The molecule has 1 aromatic carbocycles. The van der Waals surface area contributed by atoms with Gasteiger partial charge in [0, 0.05) is 32.7 Å². The van der Waals surface area contributed by atoms with Crippen LogP contribution in [0.4, 0.5) is 4.39 Å². The van der Waals surface area contributed by atoms with Gasteiger partial charge in [-0.05, 0) is 18.1 Å². The third kappa shape index (κ3) is 3.67. The minimum absolute atomic E-state index is 0.126. The molecule has 0 bridgehead atoms. The lowest BCUT2D eigenvalue weighted by Crippen LogP contribution is -2.40. The second-order valence-corrected chi connectivity index (χ2v) is 4.61. The highest BCUT2D eigenvalue weighted by Crippen LogP contribution is 2.41. The molecule has 1 aliphatic carbocycles. The van der Waals surface area contributed by atoms with Crippen molar-refractivity contribution < 1.29 is 9.13 Å². The topological polar surface area (TPSA) is 45.7 Å². The molecule has 1 saturated carbocycles. The molecule has 2 rings (SSSR count). The highest BCUT2D eigenvalue weighted by Gasteiger charge is 2.40. The molecule has 2 unspecified atom stereocenters. The molecule has 0 amide bonds. The Hall–Kier alpha value is -1.62. The summed E-state index contributed by atoms with van der Waals surface area (Å²) in [6, 6.07) is 7.21. The molecule has 0 aromatic heterocycles. The van der Waals surface area contributed by atoms with Crippen LogP contribution in [0.2, 0.25) is 0 Å². The van der Waals surface area contributed by atoms with Crippen LogP contribution in [0, 0.1) is 5.82 Å². The van der Waals surface area contributed by atoms with Crippen molar-refractivity contribution in [2.75, 3.05) is 27.3 Å². The van der Waals surface area contributed by atoms with Gasteiger partial charge in [0.15, 0.2) is 5.96 Å². The summed E-state index contributed by atoms with van der Waals surface area (Å²) in [6.07, 6.45) is 0.936. The van der Waals surface area contributed by atoms with Gasteiger partial charge < -0.3 is 15.4 Å². The number of nitrogens with zero attached hydrogens (tertiary/aromatic N) is 1. The molecule has 1 aliphatic rings. The maximum atomic E-state index is 13.6. The van der Waals surface area contributed by atoms with Crippen molar-refractivity contribution >= 4 is 5.96 Å². The summed E-state index contributed by atoms with van der Waals surface area (Å²) in [4.78, 5) is 4.14. The standard InChI is InChI=1S/C14H20FN3O/c1-16-14(17-7-8-19-2)18-13-9-11(13)10-5-3-4-6-12(10)15/h3-6,11,13H,7-9H2,1-2H3,(H2,16,17,18). The lowest BCUT2D eigenvalue weighted by molar-refractivity contribution is 0.203. The van der Waals surface area contributed by atoms with Gasteiger partial charge in [0.25, 0.3) is 0 Å². The third-order valence-corrected chi connectivity index (χ3v) is 3.24. The fraction of sp³-hybridized carbons (Fsp3) is 0.500. The Morgan fingerprint density at radius 3 is 2.95 bits per heavy atom. The van der Waals surface area contributed by atoms with Gasteiger partial charge in [-0.3, -0.25) is 4.99 Å². The van der Waals surface area contributed by atoms with Crippen molar-refractivity contribution in [2.45, 2.75) is 18.4 Å². The number of halogens is 1. The molecule has 0 aliphatic heterocycles. The highest BCUT2D eigenvalue weighted by atomic mass is 19.1. The van der Waals surface area contributed by atoms with Crippen LogP contribution in [0.5, 0.6) is 0 Å². The number of aliphatic imine (C=N–C) groups is 1.